The SMILES string of the molecule is O=C(N/N=C/c1ccc(F)cc1)c1[nH]c2ccc(I)cc2c1-c1ccccc1. The van der Waals surface area contributed by atoms with Gasteiger partial charge in [0.2, 0.25) is 0 Å². The van der Waals surface area contributed by atoms with Crippen molar-refractivity contribution in [3.63, 3.8) is 0 Å². The van der Waals surface area contributed by atoms with Crippen molar-refractivity contribution in [1.29, 1.82) is 0 Å². The van der Waals surface area contributed by atoms with Crippen LogP contribution in [-0.2, 0) is 0 Å². The van der Waals surface area contributed by atoms with Crippen LogP contribution in [0.3, 0.4) is 0 Å². The first kappa shape index (κ1) is 18.4. The maximum atomic E-state index is 13.0. The molecule has 0 aliphatic rings. The van der Waals surface area contributed by atoms with Crippen LogP contribution < -0.4 is 5.43 Å². The van der Waals surface area contributed by atoms with E-state index >= 15 is 0 Å². The van der Waals surface area contributed by atoms with Gasteiger partial charge in [-0.3, -0.25) is 4.79 Å². The van der Waals surface area contributed by atoms with E-state index < -0.39 is 0 Å². The second-order valence-electron chi connectivity index (χ2n) is 6.18. The minimum atomic E-state index is -0.344. The molecule has 1 amide bonds. The summed E-state index contributed by atoms with van der Waals surface area (Å²) in [5.74, 6) is -0.662. The highest BCUT2D eigenvalue weighted by Gasteiger charge is 2.19. The van der Waals surface area contributed by atoms with E-state index in [4.69, 9.17) is 0 Å². The summed E-state index contributed by atoms with van der Waals surface area (Å²) < 4.78 is 14.1. The maximum absolute atomic E-state index is 13.0. The third-order valence-electron chi connectivity index (χ3n) is 4.30. The molecule has 0 saturated carbocycles. The fraction of sp³-hybridized carbons (Fsp3) is 0. The van der Waals surface area contributed by atoms with Crippen molar-refractivity contribution in [3.05, 3.63) is 93.4 Å². The lowest BCUT2D eigenvalue weighted by atomic mass is 10.0. The van der Waals surface area contributed by atoms with E-state index in [9.17, 15) is 9.18 Å². The van der Waals surface area contributed by atoms with Gasteiger partial charge < -0.3 is 4.98 Å². The molecule has 0 fully saturated rings. The third-order valence-corrected chi connectivity index (χ3v) is 4.97. The van der Waals surface area contributed by atoms with Gasteiger partial charge in [-0.2, -0.15) is 5.10 Å². The standard InChI is InChI=1S/C22H15FIN3O/c23-16-8-6-14(7-9-16)13-25-27-22(28)21-20(15-4-2-1-3-5-15)18-12-17(24)10-11-19(18)26-21/h1-13,26H,(H,27,28)/b25-13+. The molecule has 4 nitrogen and oxygen atoms in total. The molecule has 1 aromatic heterocycles. The number of rotatable bonds is 4. The molecule has 3 aromatic carbocycles. The Kier molecular flexibility index (Phi) is 5.21. The van der Waals surface area contributed by atoms with E-state index in [0.717, 1.165) is 25.6 Å². The van der Waals surface area contributed by atoms with Crippen molar-refractivity contribution < 1.29 is 9.18 Å². The number of carbonyl (C=O) groups excluding carboxylic acids is 1. The van der Waals surface area contributed by atoms with E-state index in [2.05, 4.69) is 38.1 Å². The highest BCUT2D eigenvalue weighted by molar-refractivity contribution is 14.1. The Morgan fingerprint density at radius 3 is 2.54 bits per heavy atom. The Bertz CT molecular complexity index is 1170. The molecular weight excluding hydrogens is 468 g/mol. The second kappa shape index (κ2) is 7.93. The number of hydrogen-bond acceptors (Lipinski definition) is 2. The molecule has 0 atom stereocenters. The first-order chi connectivity index (χ1) is 13.6. The Balaban J connectivity index is 1.69. The van der Waals surface area contributed by atoms with Gasteiger partial charge in [-0.1, -0.05) is 42.5 Å². The van der Waals surface area contributed by atoms with Crippen LogP contribution in [-0.4, -0.2) is 17.1 Å². The molecule has 28 heavy (non-hydrogen) atoms. The van der Waals surface area contributed by atoms with Crippen molar-refractivity contribution in [2.24, 2.45) is 5.10 Å². The topological polar surface area (TPSA) is 57.2 Å². The molecule has 1 heterocycles. The van der Waals surface area contributed by atoms with Gasteiger partial charge in [0.05, 0.1) is 6.21 Å². The highest BCUT2D eigenvalue weighted by atomic mass is 127. The monoisotopic (exact) mass is 483 g/mol. The number of amides is 1. The molecule has 0 unspecified atom stereocenters. The Hall–Kier alpha value is -3.00. The molecular formula is C22H15FIN3O. The average molecular weight is 483 g/mol. The second-order valence-corrected chi connectivity index (χ2v) is 7.43. The summed E-state index contributed by atoms with van der Waals surface area (Å²) in [7, 11) is 0. The van der Waals surface area contributed by atoms with Crippen LogP contribution in [0.2, 0.25) is 0 Å². The predicted molar refractivity (Wildman–Crippen MR) is 118 cm³/mol. The van der Waals surface area contributed by atoms with Gasteiger partial charge in [0.25, 0.3) is 5.91 Å². The number of halogens is 2. The van der Waals surface area contributed by atoms with Crippen molar-refractivity contribution in [2.45, 2.75) is 0 Å². The van der Waals surface area contributed by atoms with E-state index in [1.165, 1.54) is 18.3 Å². The number of hydrazone groups is 1. The van der Waals surface area contributed by atoms with Gasteiger partial charge in [0.15, 0.2) is 0 Å². The van der Waals surface area contributed by atoms with Crippen LogP contribution >= 0.6 is 22.6 Å². The maximum Gasteiger partial charge on any atom is 0.288 e. The summed E-state index contributed by atoms with van der Waals surface area (Å²) in [5.41, 5.74) is 6.35. The molecule has 0 saturated heterocycles. The van der Waals surface area contributed by atoms with Crippen LogP contribution in [0.15, 0.2) is 77.9 Å². The molecule has 0 bridgehead atoms. The zero-order chi connectivity index (χ0) is 19.5. The van der Waals surface area contributed by atoms with Crippen molar-refractivity contribution in [3.8, 4) is 11.1 Å². The zero-order valence-corrected chi connectivity index (χ0v) is 16.8. The Morgan fingerprint density at radius 2 is 1.79 bits per heavy atom. The minimum absolute atomic E-state index is 0.318. The number of nitrogens with one attached hydrogen (secondary N) is 2. The first-order valence-corrected chi connectivity index (χ1v) is 9.65. The predicted octanol–water partition coefficient (Wildman–Crippen LogP) is 5.34. The number of fused-ring (bicyclic) bond motifs is 1. The van der Waals surface area contributed by atoms with E-state index in [-0.39, 0.29) is 11.7 Å². The van der Waals surface area contributed by atoms with Gasteiger partial charge in [-0.25, -0.2) is 9.82 Å². The lowest BCUT2D eigenvalue weighted by Crippen LogP contribution is -2.18. The molecule has 0 radical (unpaired) electrons. The Labute approximate surface area is 174 Å². The van der Waals surface area contributed by atoms with Gasteiger partial charge in [0.1, 0.15) is 11.5 Å². The van der Waals surface area contributed by atoms with Gasteiger partial charge in [-0.15, -0.1) is 0 Å². The molecule has 2 N–H and O–H groups in total. The summed E-state index contributed by atoms with van der Waals surface area (Å²) >= 11 is 2.26. The molecule has 0 spiro atoms. The van der Waals surface area contributed by atoms with Gasteiger partial charge >= 0.3 is 0 Å². The number of nitrogens with zero attached hydrogens (tertiary/aromatic N) is 1. The number of H-pyrrole nitrogens is 1. The smallest absolute Gasteiger partial charge is 0.288 e. The lowest BCUT2D eigenvalue weighted by Gasteiger charge is -2.04. The first-order valence-electron chi connectivity index (χ1n) is 8.57. The summed E-state index contributed by atoms with van der Waals surface area (Å²) in [6, 6.07) is 21.6. The van der Waals surface area contributed by atoms with Crippen molar-refractivity contribution >= 4 is 45.6 Å². The molecule has 4 rings (SSSR count). The van der Waals surface area contributed by atoms with Crippen molar-refractivity contribution in [2.75, 3.05) is 0 Å². The quantitative estimate of drug-likeness (QED) is 0.230. The number of aromatic nitrogens is 1. The fourth-order valence-corrected chi connectivity index (χ4v) is 3.50. The average Bonchev–Trinajstić information content (AvgIpc) is 3.09. The number of aromatic amines is 1. The van der Waals surface area contributed by atoms with Crippen LogP contribution in [0.1, 0.15) is 16.1 Å². The molecule has 138 valence electrons. The summed E-state index contributed by atoms with van der Waals surface area (Å²) in [4.78, 5) is 16.0. The number of hydrogen-bond donors (Lipinski definition) is 2. The molecule has 0 aliphatic heterocycles. The zero-order valence-electron chi connectivity index (χ0n) is 14.6. The van der Waals surface area contributed by atoms with E-state index in [1.54, 1.807) is 12.1 Å². The van der Waals surface area contributed by atoms with Gasteiger partial charge in [-0.05, 0) is 64.0 Å². The van der Waals surface area contributed by atoms with Crippen LogP contribution in [0.4, 0.5) is 4.39 Å². The summed E-state index contributed by atoms with van der Waals surface area (Å²) in [6.45, 7) is 0. The molecule has 0 aliphatic carbocycles. The summed E-state index contributed by atoms with van der Waals surface area (Å²) in [5, 5.41) is 4.98. The van der Waals surface area contributed by atoms with Gasteiger partial charge in [0, 0.05) is 20.0 Å². The van der Waals surface area contributed by atoms with Crippen LogP contribution in [0, 0.1) is 9.39 Å². The fourth-order valence-electron chi connectivity index (χ4n) is 3.01. The lowest BCUT2D eigenvalue weighted by molar-refractivity contribution is 0.0951. The van der Waals surface area contributed by atoms with Crippen molar-refractivity contribution in [1.82, 2.24) is 10.4 Å². The highest BCUT2D eigenvalue weighted by Crippen LogP contribution is 2.33. The van der Waals surface area contributed by atoms with E-state index in [1.807, 2.05) is 48.5 Å². The largest absolute Gasteiger partial charge is 0.350 e. The number of carbonyl (C=O) groups is 1. The normalized spacial score (nSPS) is 11.2. The number of benzene rings is 3. The van der Waals surface area contributed by atoms with Crippen LogP contribution in [0.25, 0.3) is 22.0 Å². The van der Waals surface area contributed by atoms with Crippen LogP contribution in [0.5, 0.6) is 0 Å². The molecule has 6 heteroatoms. The Morgan fingerprint density at radius 1 is 1.04 bits per heavy atom. The molecule has 4 aromatic rings. The summed E-state index contributed by atoms with van der Waals surface area (Å²) in [6.07, 6.45) is 1.48. The third kappa shape index (κ3) is 3.82. The van der Waals surface area contributed by atoms with E-state index in [0.29, 0.717) is 11.3 Å². The minimum Gasteiger partial charge on any atom is -0.350 e.